The summed E-state index contributed by atoms with van der Waals surface area (Å²) in [7, 11) is 0. The van der Waals surface area contributed by atoms with E-state index < -0.39 is 5.60 Å². The molecular weight excluding hydrogens is 329 g/mol. The Hall–Kier alpha value is -3.14. The molecule has 0 fully saturated rings. The minimum atomic E-state index is -0.534. The number of H-pyrrole nitrogens is 1. The second-order valence-corrected chi connectivity index (χ2v) is 6.94. The normalized spacial score (nSPS) is 17.9. The smallest absolute Gasteiger partial charge is 0.150 e. The zero-order valence-electron chi connectivity index (χ0n) is 14.6. The quantitative estimate of drug-likeness (QED) is 0.721. The first-order valence-electron chi connectivity index (χ1n) is 8.36. The molecule has 2 heterocycles. The van der Waals surface area contributed by atoms with Crippen LogP contribution in [0.5, 0.6) is 0 Å². The van der Waals surface area contributed by atoms with Gasteiger partial charge < -0.3 is 9.72 Å². The average Bonchev–Trinajstić information content (AvgIpc) is 3.09. The van der Waals surface area contributed by atoms with Gasteiger partial charge in [0.25, 0.3) is 0 Å². The molecule has 4 heteroatoms. The Morgan fingerprint density at radius 1 is 1.15 bits per heavy atom. The standard InChI is InChI=1S/C22H18FNO2/c1-13-21(17-9-8-16(23)10-19(17)24-13)20-11-18(22(2,3)26-20)15-6-4-14(12-25)5-7-15/h4-12,24H,1H2,2-3H3/b21-20-. The number of hydrogen-bond donors (Lipinski definition) is 1. The molecule has 0 amide bonds. The van der Waals surface area contributed by atoms with E-state index in [1.54, 1.807) is 18.2 Å². The summed E-state index contributed by atoms with van der Waals surface area (Å²) < 4.78 is 19.7. The van der Waals surface area contributed by atoms with Gasteiger partial charge >= 0.3 is 0 Å². The molecule has 0 saturated carbocycles. The van der Waals surface area contributed by atoms with E-state index in [-0.39, 0.29) is 5.82 Å². The number of hydrogen-bond acceptors (Lipinski definition) is 2. The van der Waals surface area contributed by atoms with Gasteiger partial charge in [0.1, 0.15) is 23.5 Å². The number of halogens is 1. The monoisotopic (exact) mass is 347 g/mol. The Balaban J connectivity index is 1.95. The predicted octanol–water partition coefficient (Wildman–Crippen LogP) is 3.53. The SMILES string of the molecule is C=c1[nH]c2cc(F)ccc2/c1=C1/C=C(c2ccc(C=O)cc2)C(C)(C)O1. The van der Waals surface area contributed by atoms with Crippen molar-refractivity contribution in [2.24, 2.45) is 0 Å². The maximum atomic E-state index is 13.5. The van der Waals surface area contributed by atoms with E-state index in [0.29, 0.717) is 22.2 Å². The third-order valence-corrected chi connectivity index (χ3v) is 4.73. The van der Waals surface area contributed by atoms with Crippen molar-refractivity contribution in [2.75, 3.05) is 0 Å². The van der Waals surface area contributed by atoms with Gasteiger partial charge in [-0.25, -0.2) is 4.39 Å². The van der Waals surface area contributed by atoms with Crippen molar-refractivity contribution in [2.45, 2.75) is 19.4 Å². The average molecular weight is 347 g/mol. The van der Waals surface area contributed by atoms with Gasteiger partial charge in [0.15, 0.2) is 0 Å². The number of carbonyl (C=O) groups is 1. The predicted molar refractivity (Wildman–Crippen MR) is 101 cm³/mol. The van der Waals surface area contributed by atoms with E-state index in [1.807, 2.05) is 32.1 Å². The van der Waals surface area contributed by atoms with Gasteiger partial charge in [-0.05, 0) is 43.7 Å². The molecule has 3 aromatic rings. The summed E-state index contributed by atoms with van der Waals surface area (Å²) in [6.45, 7) is 8.05. The van der Waals surface area contributed by atoms with Crippen molar-refractivity contribution in [3.63, 3.8) is 0 Å². The number of aldehydes is 1. The van der Waals surface area contributed by atoms with Crippen molar-refractivity contribution in [3.8, 4) is 0 Å². The highest BCUT2D eigenvalue weighted by Gasteiger charge is 2.33. The maximum Gasteiger partial charge on any atom is 0.150 e. The van der Waals surface area contributed by atoms with Gasteiger partial charge in [-0.3, -0.25) is 4.79 Å². The Morgan fingerprint density at radius 2 is 1.88 bits per heavy atom. The Morgan fingerprint density at radius 3 is 2.58 bits per heavy atom. The molecule has 0 atom stereocenters. The first kappa shape index (κ1) is 16.3. The number of ether oxygens (including phenoxy) is 1. The van der Waals surface area contributed by atoms with Crippen molar-refractivity contribution < 1.29 is 13.9 Å². The number of aromatic nitrogens is 1. The molecule has 3 nitrogen and oxygen atoms in total. The second-order valence-electron chi connectivity index (χ2n) is 6.94. The number of benzene rings is 2. The van der Waals surface area contributed by atoms with Crippen LogP contribution in [0.25, 0.3) is 28.8 Å². The van der Waals surface area contributed by atoms with Gasteiger partial charge in [0.05, 0.1) is 0 Å². The van der Waals surface area contributed by atoms with E-state index in [1.165, 1.54) is 12.1 Å². The van der Waals surface area contributed by atoms with Gasteiger partial charge in [0, 0.05) is 32.6 Å². The molecule has 0 spiro atoms. The van der Waals surface area contributed by atoms with Crippen molar-refractivity contribution in [3.05, 3.63) is 76.1 Å². The van der Waals surface area contributed by atoms with Crippen LogP contribution in [0.15, 0.2) is 48.5 Å². The van der Waals surface area contributed by atoms with Gasteiger partial charge in [-0.2, -0.15) is 0 Å². The number of rotatable bonds is 2. The molecule has 1 aliphatic rings. The molecular formula is C22H18FNO2. The fourth-order valence-electron chi connectivity index (χ4n) is 3.47. The molecule has 4 rings (SSSR count). The number of aromatic amines is 1. The molecule has 0 saturated heterocycles. The second kappa shape index (κ2) is 5.70. The fourth-order valence-corrected chi connectivity index (χ4v) is 3.47. The first-order chi connectivity index (χ1) is 12.4. The molecule has 1 N–H and O–H groups in total. The fraction of sp³-hybridized carbons (Fsp3) is 0.136. The molecule has 2 aromatic carbocycles. The summed E-state index contributed by atoms with van der Waals surface area (Å²) in [5.41, 5.74) is 2.80. The summed E-state index contributed by atoms with van der Waals surface area (Å²) in [6, 6.07) is 12.0. The molecule has 0 aliphatic carbocycles. The van der Waals surface area contributed by atoms with Crippen LogP contribution in [-0.2, 0) is 4.74 Å². The minimum Gasteiger partial charge on any atom is -0.482 e. The summed E-state index contributed by atoms with van der Waals surface area (Å²) in [5.74, 6) is 0.404. The lowest BCUT2D eigenvalue weighted by Gasteiger charge is -2.23. The highest BCUT2D eigenvalue weighted by Crippen LogP contribution is 2.39. The summed E-state index contributed by atoms with van der Waals surface area (Å²) in [5, 5.41) is 2.40. The van der Waals surface area contributed by atoms with Crippen LogP contribution in [0, 0.1) is 5.82 Å². The third-order valence-electron chi connectivity index (χ3n) is 4.73. The van der Waals surface area contributed by atoms with E-state index >= 15 is 0 Å². The topological polar surface area (TPSA) is 42.1 Å². The van der Waals surface area contributed by atoms with Crippen LogP contribution in [0.2, 0.25) is 0 Å². The largest absolute Gasteiger partial charge is 0.482 e. The van der Waals surface area contributed by atoms with Crippen molar-refractivity contribution in [1.29, 1.82) is 0 Å². The Kier molecular flexibility index (Phi) is 3.58. The summed E-state index contributed by atoms with van der Waals surface area (Å²) in [4.78, 5) is 14.0. The maximum absolute atomic E-state index is 13.5. The lowest BCUT2D eigenvalue weighted by Crippen LogP contribution is -2.26. The van der Waals surface area contributed by atoms with Crippen LogP contribution in [0.4, 0.5) is 4.39 Å². The molecule has 130 valence electrons. The van der Waals surface area contributed by atoms with E-state index in [0.717, 1.165) is 28.0 Å². The van der Waals surface area contributed by atoms with E-state index in [2.05, 4.69) is 11.6 Å². The minimum absolute atomic E-state index is 0.297. The van der Waals surface area contributed by atoms with Gasteiger partial charge in [0.2, 0.25) is 0 Å². The number of carbonyl (C=O) groups excluding carboxylic acids is 1. The Labute approximate surface area is 150 Å². The van der Waals surface area contributed by atoms with E-state index in [9.17, 15) is 9.18 Å². The van der Waals surface area contributed by atoms with Crippen LogP contribution >= 0.6 is 0 Å². The van der Waals surface area contributed by atoms with E-state index in [4.69, 9.17) is 4.74 Å². The number of fused-ring (bicyclic) bond motifs is 1. The van der Waals surface area contributed by atoms with Gasteiger partial charge in [-0.15, -0.1) is 0 Å². The lowest BCUT2D eigenvalue weighted by molar-refractivity contribution is 0.112. The van der Waals surface area contributed by atoms with Crippen LogP contribution in [0.1, 0.15) is 29.8 Å². The zero-order chi connectivity index (χ0) is 18.5. The summed E-state index contributed by atoms with van der Waals surface area (Å²) >= 11 is 0. The molecule has 1 aliphatic heterocycles. The highest BCUT2D eigenvalue weighted by atomic mass is 19.1. The Bertz CT molecular complexity index is 1170. The lowest BCUT2D eigenvalue weighted by atomic mass is 9.92. The molecule has 0 bridgehead atoms. The van der Waals surface area contributed by atoms with Crippen LogP contribution < -0.4 is 10.6 Å². The number of nitrogens with one attached hydrogen (secondary N) is 1. The molecule has 0 unspecified atom stereocenters. The van der Waals surface area contributed by atoms with Crippen molar-refractivity contribution in [1.82, 2.24) is 4.98 Å². The molecule has 0 radical (unpaired) electrons. The van der Waals surface area contributed by atoms with Crippen molar-refractivity contribution >= 4 is 35.1 Å². The first-order valence-corrected chi connectivity index (χ1v) is 8.36. The zero-order valence-corrected chi connectivity index (χ0v) is 14.6. The van der Waals surface area contributed by atoms with Gasteiger partial charge in [-0.1, -0.05) is 30.8 Å². The van der Waals surface area contributed by atoms with Crippen LogP contribution in [0.3, 0.4) is 0 Å². The summed E-state index contributed by atoms with van der Waals surface area (Å²) in [6.07, 6.45) is 2.82. The third kappa shape index (κ3) is 2.54. The highest BCUT2D eigenvalue weighted by molar-refractivity contribution is 5.89. The molecule has 1 aromatic heterocycles. The molecule has 26 heavy (non-hydrogen) atoms. The van der Waals surface area contributed by atoms with Crippen LogP contribution in [-0.4, -0.2) is 16.9 Å².